The molecule has 1 aliphatic rings. The lowest BCUT2D eigenvalue weighted by Gasteiger charge is -2.26. The first kappa shape index (κ1) is 17.8. The van der Waals surface area contributed by atoms with Crippen molar-refractivity contribution in [1.29, 1.82) is 0 Å². The number of Topliss-reactive ketones (excluding diaryl/α,β-unsaturated/α-hetero) is 1. The van der Waals surface area contributed by atoms with Gasteiger partial charge in [-0.25, -0.2) is 0 Å². The van der Waals surface area contributed by atoms with E-state index in [2.05, 4.69) is 15.6 Å². The highest BCUT2D eigenvalue weighted by Gasteiger charge is 2.23. The van der Waals surface area contributed by atoms with Crippen molar-refractivity contribution in [2.24, 2.45) is 0 Å². The lowest BCUT2D eigenvalue weighted by molar-refractivity contribution is 0.0991. The van der Waals surface area contributed by atoms with E-state index < -0.39 is 0 Å². The normalized spacial score (nSPS) is 15.1. The number of nitrogens with zero attached hydrogens (tertiary/aromatic N) is 3. The van der Waals surface area contributed by atoms with Crippen LogP contribution in [0, 0.1) is 0 Å². The number of rotatable bonds is 6. The Morgan fingerprint density at radius 1 is 1.21 bits per heavy atom. The summed E-state index contributed by atoms with van der Waals surface area (Å²) in [6.07, 6.45) is -0.214. The molecule has 3 aromatic rings. The van der Waals surface area contributed by atoms with Crippen LogP contribution in [0.2, 0.25) is 0 Å². The van der Waals surface area contributed by atoms with Gasteiger partial charge in [0.15, 0.2) is 28.8 Å². The highest BCUT2D eigenvalue weighted by molar-refractivity contribution is 5.96. The van der Waals surface area contributed by atoms with E-state index in [0.29, 0.717) is 24.7 Å². The molecule has 0 bridgehead atoms. The molecule has 0 fully saturated rings. The Morgan fingerprint density at radius 3 is 2.68 bits per heavy atom. The maximum atomic E-state index is 12.0. The molecule has 144 valence electrons. The third-order valence-electron chi connectivity index (χ3n) is 4.39. The van der Waals surface area contributed by atoms with E-state index in [1.54, 1.807) is 11.8 Å². The van der Waals surface area contributed by atoms with Gasteiger partial charge in [0.05, 0.1) is 19.3 Å². The number of fused-ring (bicyclic) bond motifs is 1. The molecule has 8 nitrogen and oxygen atoms in total. The van der Waals surface area contributed by atoms with E-state index in [1.165, 1.54) is 6.92 Å². The number of carbonyl (C=O) groups is 1. The minimum absolute atomic E-state index is 0.173. The summed E-state index contributed by atoms with van der Waals surface area (Å²) >= 11 is 0. The first-order valence-corrected chi connectivity index (χ1v) is 8.89. The molecule has 0 radical (unpaired) electrons. The van der Waals surface area contributed by atoms with Crippen LogP contribution in [0.5, 0.6) is 17.2 Å². The van der Waals surface area contributed by atoms with Gasteiger partial charge in [-0.2, -0.15) is 4.68 Å². The standard InChI is InChI=1S/C20H20N4O4/c1-13(25)19-20(24(23-22-19)14-7-9-15(26-2)10-8-14)21-11-16-12-27-17-5-3-4-6-18(17)28-16/h3-10,16,21H,11-12H2,1-2H3. The second-order valence-electron chi connectivity index (χ2n) is 6.33. The lowest BCUT2D eigenvalue weighted by Crippen LogP contribution is -2.35. The maximum Gasteiger partial charge on any atom is 0.183 e. The number of nitrogens with one attached hydrogen (secondary N) is 1. The summed E-state index contributed by atoms with van der Waals surface area (Å²) in [5.41, 5.74) is 1.03. The fourth-order valence-corrected chi connectivity index (χ4v) is 2.96. The van der Waals surface area contributed by atoms with Crippen molar-refractivity contribution in [2.45, 2.75) is 13.0 Å². The predicted molar refractivity (Wildman–Crippen MR) is 103 cm³/mol. The molecule has 0 saturated heterocycles. The van der Waals surface area contributed by atoms with Gasteiger partial charge in [0.2, 0.25) is 0 Å². The average Bonchev–Trinajstić information content (AvgIpc) is 3.16. The Balaban J connectivity index is 1.55. The Labute approximate surface area is 162 Å². The third kappa shape index (κ3) is 3.48. The van der Waals surface area contributed by atoms with Gasteiger partial charge < -0.3 is 19.5 Å². The van der Waals surface area contributed by atoms with Gasteiger partial charge in [-0.15, -0.1) is 5.10 Å². The lowest BCUT2D eigenvalue weighted by atomic mass is 10.2. The number of anilines is 1. The smallest absolute Gasteiger partial charge is 0.183 e. The van der Waals surface area contributed by atoms with Crippen molar-refractivity contribution < 1.29 is 19.0 Å². The summed E-state index contributed by atoms with van der Waals surface area (Å²) < 4.78 is 18.5. The summed E-state index contributed by atoms with van der Waals surface area (Å²) in [7, 11) is 1.61. The van der Waals surface area contributed by atoms with Gasteiger partial charge in [0.25, 0.3) is 0 Å². The Hall–Kier alpha value is -3.55. The molecule has 0 spiro atoms. The Bertz CT molecular complexity index is 984. The molecule has 4 rings (SSSR count). The molecule has 1 atom stereocenters. The topological polar surface area (TPSA) is 87.5 Å². The molecule has 0 saturated carbocycles. The number of ether oxygens (including phenoxy) is 3. The average molecular weight is 380 g/mol. The van der Waals surface area contributed by atoms with Crippen molar-refractivity contribution in [1.82, 2.24) is 15.0 Å². The zero-order valence-electron chi connectivity index (χ0n) is 15.6. The molecule has 0 aliphatic carbocycles. The number of hydrogen-bond acceptors (Lipinski definition) is 7. The largest absolute Gasteiger partial charge is 0.497 e. The molecular weight excluding hydrogens is 360 g/mol. The number of hydrogen-bond donors (Lipinski definition) is 1. The van der Waals surface area contributed by atoms with Crippen molar-refractivity contribution in [3.05, 3.63) is 54.2 Å². The van der Waals surface area contributed by atoms with Crippen LogP contribution in [0.4, 0.5) is 5.82 Å². The van der Waals surface area contributed by atoms with Crippen LogP contribution in [-0.2, 0) is 0 Å². The van der Waals surface area contributed by atoms with Gasteiger partial charge in [-0.3, -0.25) is 4.79 Å². The van der Waals surface area contributed by atoms with Crippen LogP contribution in [0.15, 0.2) is 48.5 Å². The van der Waals surface area contributed by atoms with Gasteiger partial charge in [0.1, 0.15) is 18.5 Å². The van der Waals surface area contributed by atoms with Crippen LogP contribution in [0.25, 0.3) is 5.69 Å². The molecule has 2 heterocycles. The molecule has 28 heavy (non-hydrogen) atoms. The molecule has 8 heteroatoms. The van der Waals surface area contributed by atoms with Crippen molar-refractivity contribution in [2.75, 3.05) is 25.6 Å². The molecule has 1 unspecified atom stereocenters. The molecule has 0 amide bonds. The Kier molecular flexibility index (Phi) is 4.84. The predicted octanol–water partition coefficient (Wildman–Crippen LogP) is 2.73. The molecule has 1 aliphatic heterocycles. The fraction of sp³-hybridized carbons (Fsp3) is 0.250. The van der Waals surface area contributed by atoms with E-state index in [4.69, 9.17) is 14.2 Å². The zero-order valence-corrected chi connectivity index (χ0v) is 15.6. The van der Waals surface area contributed by atoms with Crippen LogP contribution in [0.1, 0.15) is 17.4 Å². The summed E-state index contributed by atoms with van der Waals surface area (Å²) in [5.74, 6) is 2.51. The number of aromatic nitrogens is 3. The number of carbonyl (C=O) groups excluding carboxylic acids is 1. The third-order valence-corrected chi connectivity index (χ3v) is 4.39. The van der Waals surface area contributed by atoms with Gasteiger partial charge in [-0.1, -0.05) is 17.3 Å². The molecule has 1 aromatic heterocycles. The summed E-state index contributed by atoms with van der Waals surface area (Å²) in [5, 5.41) is 11.4. The van der Waals surface area contributed by atoms with Gasteiger partial charge in [0, 0.05) is 6.92 Å². The zero-order chi connectivity index (χ0) is 19.5. The van der Waals surface area contributed by atoms with E-state index in [1.807, 2.05) is 48.5 Å². The first-order valence-electron chi connectivity index (χ1n) is 8.89. The number of methoxy groups -OCH3 is 1. The van der Waals surface area contributed by atoms with Crippen molar-refractivity contribution in [3.8, 4) is 22.9 Å². The second kappa shape index (κ2) is 7.59. The highest BCUT2D eigenvalue weighted by atomic mass is 16.6. The summed E-state index contributed by atoms with van der Waals surface area (Å²) in [4.78, 5) is 12.0. The monoisotopic (exact) mass is 380 g/mol. The number of ketones is 1. The molecular formula is C20H20N4O4. The van der Waals surface area contributed by atoms with Crippen molar-refractivity contribution >= 4 is 11.6 Å². The first-order chi connectivity index (χ1) is 13.7. The van der Waals surface area contributed by atoms with Crippen LogP contribution in [0.3, 0.4) is 0 Å². The van der Waals surface area contributed by atoms with Gasteiger partial charge >= 0.3 is 0 Å². The van der Waals surface area contributed by atoms with Gasteiger partial charge in [-0.05, 0) is 36.4 Å². The fourth-order valence-electron chi connectivity index (χ4n) is 2.96. The second-order valence-corrected chi connectivity index (χ2v) is 6.33. The maximum absolute atomic E-state index is 12.0. The quantitative estimate of drug-likeness (QED) is 0.658. The minimum Gasteiger partial charge on any atom is -0.497 e. The van der Waals surface area contributed by atoms with E-state index in [-0.39, 0.29) is 17.6 Å². The van der Waals surface area contributed by atoms with Crippen LogP contribution >= 0.6 is 0 Å². The van der Waals surface area contributed by atoms with E-state index in [9.17, 15) is 4.79 Å². The summed E-state index contributed by atoms with van der Waals surface area (Å²) in [6, 6.07) is 14.9. The summed E-state index contributed by atoms with van der Waals surface area (Å²) in [6.45, 7) is 2.30. The minimum atomic E-state index is -0.214. The number of benzene rings is 2. The van der Waals surface area contributed by atoms with E-state index >= 15 is 0 Å². The van der Waals surface area contributed by atoms with E-state index in [0.717, 1.165) is 17.2 Å². The SMILES string of the molecule is COc1ccc(-n2nnc(C(C)=O)c2NCC2COc3ccccc3O2)cc1. The number of para-hydroxylation sites is 2. The Morgan fingerprint density at radius 2 is 1.96 bits per heavy atom. The van der Waals surface area contributed by atoms with Crippen molar-refractivity contribution in [3.63, 3.8) is 0 Å². The molecule has 1 N–H and O–H groups in total. The highest BCUT2D eigenvalue weighted by Crippen LogP contribution is 2.31. The molecule has 2 aromatic carbocycles. The van der Waals surface area contributed by atoms with Crippen LogP contribution in [-0.4, -0.2) is 47.1 Å². The van der Waals surface area contributed by atoms with Crippen LogP contribution < -0.4 is 19.5 Å².